The molecule has 0 unspecified atom stereocenters. The van der Waals surface area contributed by atoms with Crippen LogP contribution in [0.3, 0.4) is 0 Å². The van der Waals surface area contributed by atoms with E-state index in [0.717, 1.165) is 0 Å². The number of ether oxygens (including phenoxy) is 1. The Kier molecular flexibility index (Phi) is 4.69. The van der Waals surface area contributed by atoms with Crippen LogP contribution >= 0.6 is 0 Å². The molecule has 0 spiro atoms. The molecular formula is C9H17NO5S. The maximum Gasteiger partial charge on any atom is 0.320 e. The maximum atomic E-state index is 11.6. The van der Waals surface area contributed by atoms with Gasteiger partial charge in [-0.15, -0.1) is 0 Å². The minimum absolute atomic E-state index is 0.0984. The van der Waals surface area contributed by atoms with E-state index in [-0.39, 0.29) is 6.10 Å². The fraction of sp³-hybridized carbons (Fsp3) is 0.889. The largest absolute Gasteiger partial charge is 0.480 e. The molecule has 7 heteroatoms. The Labute approximate surface area is 95.2 Å². The van der Waals surface area contributed by atoms with Gasteiger partial charge < -0.3 is 9.84 Å². The van der Waals surface area contributed by atoms with Gasteiger partial charge in [-0.3, -0.25) is 4.79 Å². The third-order valence-electron chi connectivity index (χ3n) is 2.50. The minimum Gasteiger partial charge on any atom is -0.480 e. The molecule has 16 heavy (non-hydrogen) atoms. The first-order chi connectivity index (χ1) is 7.45. The molecule has 0 saturated carbocycles. The SMILES string of the molecule is CCOC1CCN(S(=O)(=O)CC(=O)O)CC1. The zero-order chi connectivity index (χ0) is 12.2. The van der Waals surface area contributed by atoms with E-state index >= 15 is 0 Å². The van der Waals surface area contributed by atoms with E-state index in [1.54, 1.807) is 0 Å². The van der Waals surface area contributed by atoms with Crippen LogP contribution in [0.1, 0.15) is 19.8 Å². The van der Waals surface area contributed by atoms with Crippen molar-refractivity contribution in [2.45, 2.75) is 25.9 Å². The standard InChI is InChI=1S/C9H17NO5S/c1-2-15-8-3-5-10(6-4-8)16(13,14)7-9(11)12/h8H,2-7H2,1H3,(H,11,12). The summed E-state index contributed by atoms with van der Waals surface area (Å²) in [6.45, 7) is 3.21. The highest BCUT2D eigenvalue weighted by molar-refractivity contribution is 7.89. The lowest BCUT2D eigenvalue weighted by molar-refractivity contribution is -0.134. The molecule has 0 aromatic carbocycles. The molecule has 6 nitrogen and oxygen atoms in total. The molecule has 0 aliphatic carbocycles. The normalized spacial score (nSPS) is 19.8. The van der Waals surface area contributed by atoms with Gasteiger partial charge in [-0.05, 0) is 19.8 Å². The topological polar surface area (TPSA) is 83.9 Å². The Bertz CT molecular complexity index is 332. The van der Waals surface area contributed by atoms with E-state index in [9.17, 15) is 13.2 Å². The highest BCUT2D eigenvalue weighted by Gasteiger charge is 2.29. The third-order valence-corrected chi connectivity index (χ3v) is 4.27. The van der Waals surface area contributed by atoms with E-state index in [0.29, 0.717) is 32.5 Å². The van der Waals surface area contributed by atoms with Crippen molar-refractivity contribution >= 4 is 16.0 Å². The molecule has 0 amide bonds. The summed E-state index contributed by atoms with van der Waals surface area (Å²) in [5, 5.41) is 8.49. The molecule has 1 fully saturated rings. The van der Waals surface area contributed by atoms with Crippen LogP contribution in [-0.4, -0.2) is 55.4 Å². The van der Waals surface area contributed by atoms with Gasteiger partial charge in [0.1, 0.15) is 0 Å². The fourth-order valence-corrected chi connectivity index (χ4v) is 3.02. The van der Waals surface area contributed by atoms with Crippen LogP contribution in [-0.2, 0) is 19.6 Å². The Morgan fingerprint density at radius 1 is 1.44 bits per heavy atom. The molecule has 0 radical (unpaired) electrons. The van der Waals surface area contributed by atoms with Crippen LogP contribution in [0, 0.1) is 0 Å². The van der Waals surface area contributed by atoms with E-state index in [1.807, 2.05) is 6.92 Å². The Morgan fingerprint density at radius 2 is 2.00 bits per heavy atom. The maximum absolute atomic E-state index is 11.6. The molecule has 1 N–H and O–H groups in total. The van der Waals surface area contributed by atoms with Gasteiger partial charge in [0.2, 0.25) is 10.0 Å². The average Bonchev–Trinajstić information content (AvgIpc) is 2.17. The molecular weight excluding hydrogens is 234 g/mol. The quantitative estimate of drug-likeness (QED) is 0.737. The van der Waals surface area contributed by atoms with Crippen molar-refractivity contribution in [2.75, 3.05) is 25.4 Å². The second-order valence-corrected chi connectivity index (χ2v) is 5.67. The molecule has 0 aromatic rings. The number of hydrogen-bond acceptors (Lipinski definition) is 4. The summed E-state index contributed by atoms with van der Waals surface area (Å²) < 4.78 is 29.7. The highest BCUT2D eigenvalue weighted by atomic mass is 32.2. The Morgan fingerprint density at radius 3 is 2.44 bits per heavy atom. The number of piperidine rings is 1. The molecule has 94 valence electrons. The molecule has 1 saturated heterocycles. The van der Waals surface area contributed by atoms with Crippen molar-refractivity contribution in [3.05, 3.63) is 0 Å². The molecule has 1 heterocycles. The third kappa shape index (κ3) is 3.73. The first-order valence-corrected chi connectivity index (χ1v) is 6.88. The summed E-state index contributed by atoms with van der Waals surface area (Å²) in [7, 11) is -3.64. The van der Waals surface area contributed by atoms with Gasteiger partial charge >= 0.3 is 5.97 Å². The minimum atomic E-state index is -3.64. The van der Waals surface area contributed by atoms with Crippen LogP contribution in [0.4, 0.5) is 0 Å². The predicted molar refractivity (Wildman–Crippen MR) is 57.6 cm³/mol. The van der Waals surface area contributed by atoms with Crippen molar-refractivity contribution in [2.24, 2.45) is 0 Å². The first kappa shape index (κ1) is 13.4. The van der Waals surface area contributed by atoms with E-state index in [2.05, 4.69) is 0 Å². The highest BCUT2D eigenvalue weighted by Crippen LogP contribution is 2.16. The van der Waals surface area contributed by atoms with Gasteiger partial charge in [0, 0.05) is 19.7 Å². The second kappa shape index (κ2) is 5.60. The zero-order valence-corrected chi connectivity index (χ0v) is 10.1. The van der Waals surface area contributed by atoms with Crippen LogP contribution < -0.4 is 0 Å². The van der Waals surface area contributed by atoms with Crippen molar-refractivity contribution in [1.82, 2.24) is 4.31 Å². The van der Waals surface area contributed by atoms with Crippen LogP contribution in [0.25, 0.3) is 0 Å². The van der Waals surface area contributed by atoms with E-state index < -0.39 is 21.7 Å². The Balaban J connectivity index is 2.50. The van der Waals surface area contributed by atoms with Gasteiger partial charge in [-0.2, -0.15) is 0 Å². The summed E-state index contributed by atoms with van der Waals surface area (Å²) in [4.78, 5) is 10.4. The summed E-state index contributed by atoms with van der Waals surface area (Å²) in [5.74, 6) is -2.14. The number of sulfonamides is 1. The van der Waals surface area contributed by atoms with Crippen molar-refractivity contribution < 1.29 is 23.1 Å². The first-order valence-electron chi connectivity index (χ1n) is 5.27. The summed E-state index contributed by atoms with van der Waals surface area (Å²) in [6.07, 6.45) is 1.36. The van der Waals surface area contributed by atoms with E-state index in [1.165, 1.54) is 4.31 Å². The van der Waals surface area contributed by atoms with Crippen molar-refractivity contribution in [3.63, 3.8) is 0 Å². The average molecular weight is 251 g/mol. The molecule has 0 bridgehead atoms. The molecule has 1 aliphatic heterocycles. The monoisotopic (exact) mass is 251 g/mol. The summed E-state index contributed by atoms with van der Waals surface area (Å²) in [6, 6.07) is 0. The lowest BCUT2D eigenvalue weighted by Gasteiger charge is -2.30. The van der Waals surface area contributed by atoms with Gasteiger partial charge in [-0.25, -0.2) is 12.7 Å². The van der Waals surface area contributed by atoms with Crippen molar-refractivity contribution in [1.29, 1.82) is 0 Å². The predicted octanol–water partition coefficient (Wildman–Crippen LogP) is -0.0983. The van der Waals surface area contributed by atoms with Crippen LogP contribution in [0.5, 0.6) is 0 Å². The molecule has 0 aromatic heterocycles. The van der Waals surface area contributed by atoms with Gasteiger partial charge in [0.15, 0.2) is 5.75 Å². The number of aliphatic carboxylic acids is 1. The lowest BCUT2D eigenvalue weighted by atomic mass is 10.1. The van der Waals surface area contributed by atoms with Crippen LogP contribution in [0.2, 0.25) is 0 Å². The lowest BCUT2D eigenvalue weighted by Crippen LogP contribution is -2.43. The van der Waals surface area contributed by atoms with Gasteiger partial charge in [-0.1, -0.05) is 0 Å². The molecule has 1 rings (SSSR count). The number of carboxylic acids is 1. The van der Waals surface area contributed by atoms with E-state index in [4.69, 9.17) is 9.84 Å². The van der Waals surface area contributed by atoms with Gasteiger partial charge in [0.05, 0.1) is 6.10 Å². The molecule has 1 aliphatic rings. The summed E-state index contributed by atoms with van der Waals surface area (Å²) in [5.41, 5.74) is 0. The number of nitrogens with zero attached hydrogens (tertiary/aromatic N) is 1. The smallest absolute Gasteiger partial charge is 0.320 e. The van der Waals surface area contributed by atoms with Crippen LogP contribution in [0.15, 0.2) is 0 Å². The molecule has 0 atom stereocenters. The fourth-order valence-electron chi connectivity index (χ4n) is 1.76. The number of carboxylic acid groups (broad SMARTS) is 1. The van der Waals surface area contributed by atoms with Crippen molar-refractivity contribution in [3.8, 4) is 0 Å². The number of rotatable bonds is 5. The second-order valence-electron chi connectivity index (χ2n) is 3.70. The van der Waals surface area contributed by atoms with Gasteiger partial charge in [0.25, 0.3) is 0 Å². The Hall–Kier alpha value is -0.660. The number of carbonyl (C=O) groups is 1. The zero-order valence-electron chi connectivity index (χ0n) is 9.26. The summed E-state index contributed by atoms with van der Waals surface area (Å²) >= 11 is 0. The number of hydrogen-bond donors (Lipinski definition) is 1.